The Morgan fingerprint density at radius 2 is 1.68 bits per heavy atom. The van der Waals surface area contributed by atoms with E-state index < -0.39 is 9.84 Å². The predicted molar refractivity (Wildman–Crippen MR) is 93.3 cm³/mol. The van der Waals surface area contributed by atoms with Crippen molar-refractivity contribution in [3.8, 4) is 0 Å². The van der Waals surface area contributed by atoms with Crippen LogP contribution >= 0.6 is 0 Å². The zero-order valence-corrected chi connectivity index (χ0v) is 15.4. The number of amides is 1. The van der Waals surface area contributed by atoms with Crippen LogP contribution in [0.5, 0.6) is 0 Å². The van der Waals surface area contributed by atoms with Crippen LogP contribution in [0.4, 0.5) is 4.39 Å². The molecule has 2 fully saturated rings. The number of piperazine rings is 1. The van der Waals surface area contributed by atoms with Crippen LogP contribution in [0, 0.1) is 5.82 Å². The first kappa shape index (κ1) is 18.3. The molecule has 2 aliphatic heterocycles. The van der Waals surface area contributed by atoms with Gasteiger partial charge in [-0.1, -0.05) is 12.1 Å². The molecular weight excluding hydrogens is 345 g/mol. The van der Waals surface area contributed by atoms with Crippen molar-refractivity contribution < 1.29 is 17.6 Å². The van der Waals surface area contributed by atoms with E-state index in [-0.39, 0.29) is 41.9 Å². The van der Waals surface area contributed by atoms with E-state index in [2.05, 4.69) is 4.90 Å². The first-order chi connectivity index (χ1) is 11.7. The van der Waals surface area contributed by atoms with Crippen molar-refractivity contribution in [3.05, 3.63) is 35.6 Å². The summed E-state index contributed by atoms with van der Waals surface area (Å²) in [4.78, 5) is 17.7. The molecule has 8 heteroatoms. The third-order valence-electron chi connectivity index (χ3n) is 5.04. The van der Waals surface area contributed by atoms with Gasteiger partial charge in [-0.3, -0.25) is 14.6 Å². The first-order valence-electron chi connectivity index (χ1n) is 8.38. The summed E-state index contributed by atoms with van der Waals surface area (Å²) >= 11 is 0. The van der Waals surface area contributed by atoms with Crippen molar-refractivity contribution in [2.75, 3.05) is 45.2 Å². The number of hydrogen-bond acceptors (Lipinski definition) is 5. The summed E-state index contributed by atoms with van der Waals surface area (Å²) in [6, 6.07) is 6.02. The van der Waals surface area contributed by atoms with Crippen LogP contribution in [-0.4, -0.2) is 86.3 Å². The van der Waals surface area contributed by atoms with Crippen molar-refractivity contribution in [2.24, 2.45) is 0 Å². The molecule has 0 aliphatic carbocycles. The molecule has 25 heavy (non-hydrogen) atoms. The molecule has 1 amide bonds. The molecule has 2 saturated heterocycles. The summed E-state index contributed by atoms with van der Waals surface area (Å²) < 4.78 is 37.5. The fourth-order valence-electron chi connectivity index (χ4n) is 3.63. The lowest BCUT2D eigenvalue weighted by atomic mass is 10.0. The highest BCUT2D eigenvalue weighted by Gasteiger charge is 2.46. The Balaban J connectivity index is 1.76. The van der Waals surface area contributed by atoms with Gasteiger partial charge in [0.2, 0.25) is 5.91 Å². The van der Waals surface area contributed by atoms with Gasteiger partial charge in [0, 0.05) is 45.8 Å². The second kappa shape index (κ2) is 7.01. The number of carbonyl (C=O) groups excluding carboxylic acids is 1. The lowest BCUT2D eigenvalue weighted by Gasteiger charge is -2.43. The largest absolute Gasteiger partial charge is 0.348 e. The maximum absolute atomic E-state index is 13.1. The summed E-state index contributed by atoms with van der Waals surface area (Å²) in [7, 11) is 0.291. The second-order valence-electron chi connectivity index (χ2n) is 7.07. The molecule has 1 aromatic rings. The molecule has 0 aromatic heterocycles. The molecular formula is C17H24FN3O3S. The number of hydrogen-bond donors (Lipinski definition) is 0. The Hall–Kier alpha value is -1.51. The van der Waals surface area contributed by atoms with Crippen LogP contribution in [0.15, 0.2) is 24.3 Å². The maximum atomic E-state index is 13.1. The number of carbonyl (C=O) groups is 1. The summed E-state index contributed by atoms with van der Waals surface area (Å²) in [5.74, 6) is -0.0869. The van der Waals surface area contributed by atoms with Crippen molar-refractivity contribution in [1.82, 2.24) is 14.7 Å². The van der Waals surface area contributed by atoms with Gasteiger partial charge in [0.05, 0.1) is 18.1 Å². The average Bonchev–Trinajstić information content (AvgIpc) is 2.87. The fourth-order valence-corrected chi connectivity index (χ4v) is 5.67. The Labute approximate surface area is 148 Å². The van der Waals surface area contributed by atoms with Gasteiger partial charge in [-0.15, -0.1) is 0 Å². The van der Waals surface area contributed by atoms with Crippen molar-refractivity contribution in [2.45, 2.75) is 18.6 Å². The van der Waals surface area contributed by atoms with Gasteiger partial charge in [0.25, 0.3) is 0 Å². The smallest absolute Gasteiger partial charge is 0.236 e. The Morgan fingerprint density at radius 1 is 1.12 bits per heavy atom. The minimum absolute atomic E-state index is 0.0185. The van der Waals surface area contributed by atoms with Gasteiger partial charge in [0.1, 0.15) is 5.82 Å². The second-order valence-corrected chi connectivity index (χ2v) is 9.22. The minimum atomic E-state index is -3.12. The standard InChI is InChI=1S/C17H24FN3O3S/c1-19(2)17(22)10-21-8-7-20(9-13-3-5-14(18)6-4-13)15-11-25(23,24)12-16(15)21/h3-6,15-16H,7-12H2,1-2H3/t15-,16+/m1/s1. The number of likely N-dealkylation sites (N-methyl/N-ethyl adjacent to an activating group) is 1. The molecule has 2 atom stereocenters. The van der Waals surface area contributed by atoms with E-state index in [9.17, 15) is 17.6 Å². The van der Waals surface area contributed by atoms with Crippen LogP contribution < -0.4 is 0 Å². The highest BCUT2D eigenvalue weighted by atomic mass is 32.2. The number of sulfone groups is 1. The van der Waals surface area contributed by atoms with E-state index in [4.69, 9.17) is 0 Å². The van der Waals surface area contributed by atoms with E-state index in [0.717, 1.165) is 5.56 Å². The van der Waals surface area contributed by atoms with E-state index in [1.807, 2.05) is 4.90 Å². The molecule has 3 rings (SSSR count). The number of nitrogens with zero attached hydrogens (tertiary/aromatic N) is 3. The number of fused-ring (bicyclic) bond motifs is 1. The van der Waals surface area contributed by atoms with Crippen LogP contribution in [0.3, 0.4) is 0 Å². The third kappa shape index (κ3) is 4.19. The zero-order chi connectivity index (χ0) is 18.2. The van der Waals surface area contributed by atoms with Crippen LogP contribution in [0.25, 0.3) is 0 Å². The Kier molecular flexibility index (Phi) is 5.13. The van der Waals surface area contributed by atoms with Crippen LogP contribution in [0.1, 0.15) is 5.56 Å². The van der Waals surface area contributed by atoms with E-state index in [0.29, 0.717) is 19.6 Å². The molecule has 0 unspecified atom stereocenters. The van der Waals surface area contributed by atoms with Crippen LogP contribution in [-0.2, 0) is 21.2 Å². The Bertz CT molecular complexity index is 736. The lowest BCUT2D eigenvalue weighted by molar-refractivity contribution is -0.131. The van der Waals surface area contributed by atoms with Gasteiger partial charge in [-0.05, 0) is 17.7 Å². The van der Waals surface area contributed by atoms with Crippen molar-refractivity contribution in [1.29, 1.82) is 0 Å². The monoisotopic (exact) mass is 369 g/mol. The zero-order valence-electron chi connectivity index (χ0n) is 14.6. The number of rotatable bonds is 4. The van der Waals surface area contributed by atoms with E-state index >= 15 is 0 Å². The molecule has 0 N–H and O–H groups in total. The van der Waals surface area contributed by atoms with Crippen LogP contribution in [0.2, 0.25) is 0 Å². The molecule has 1 aromatic carbocycles. The molecule has 0 spiro atoms. The summed E-state index contributed by atoms with van der Waals surface area (Å²) in [5, 5.41) is 0. The highest BCUT2D eigenvalue weighted by Crippen LogP contribution is 2.28. The van der Waals surface area contributed by atoms with Crippen molar-refractivity contribution in [3.63, 3.8) is 0 Å². The SMILES string of the molecule is CN(C)C(=O)CN1CCN(Cc2ccc(F)cc2)[C@@H]2CS(=O)(=O)C[C@@H]21. The van der Waals surface area contributed by atoms with Gasteiger partial charge in [-0.2, -0.15) is 0 Å². The van der Waals surface area contributed by atoms with Gasteiger partial charge in [0.15, 0.2) is 9.84 Å². The van der Waals surface area contributed by atoms with Gasteiger partial charge >= 0.3 is 0 Å². The summed E-state index contributed by atoms with van der Waals surface area (Å²) in [6.07, 6.45) is 0. The number of benzene rings is 1. The molecule has 2 aliphatic rings. The van der Waals surface area contributed by atoms with Gasteiger partial charge < -0.3 is 4.90 Å². The summed E-state index contributed by atoms with van der Waals surface area (Å²) in [6.45, 7) is 2.17. The normalized spacial score (nSPS) is 26.4. The quantitative estimate of drug-likeness (QED) is 0.759. The third-order valence-corrected chi connectivity index (χ3v) is 6.74. The highest BCUT2D eigenvalue weighted by molar-refractivity contribution is 7.91. The van der Waals surface area contributed by atoms with E-state index in [1.54, 1.807) is 26.2 Å². The average molecular weight is 369 g/mol. The Morgan fingerprint density at radius 3 is 2.28 bits per heavy atom. The minimum Gasteiger partial charge on any atom is -0.348 e. The van der Waals surface area contributed by atoms with Crippen molar-refractivity contribution >= 4 is 15.7 Å². The lowest BCUT2D eigenvalue weighted by Crippen LogP contribution is -2.60. The molecule has 138 valence electrons. The van der Waals surface area contributed by atoms with E-state index in [1.165, 1.54) is 17.0 Å². The predicted octanol–water partition coefficient (Wildman–Crippen LogP) is 0.197. The number of halogens is 1. The molecule has 2 heterocycles. The maximum Gasteiger partial charge on any atom is 0.236 e. The molecule has 0 radical (unpaired) electrons. The van der Waals surface area contributed by atoms with Gasteiger partial charge in [-0.25, -0.2) is 12.8 Å². The molecule has 0 saturated carbocycles. The topological polar surface area (TPSA) is 60.9 Å². The summed E-state index contributed by atoms with van der Waals surface area (Å²) in [5.41, 5.74) is 0.960. The molecule has 6 nitrogen and oxygen atoms in total. The molecule has 0 bridgehead atoms. The fraction of sp³-hybridized carbons (Fsp3) is 0.588. The first-order valence-corrected chi connectivity index (χ1v) is 10.2.